The van der Waals surface area contributed by atoms with E-state index in [1.54, 1.807) is 4.90 Å². The molecule has 12 rings (SSSR count). The fraction of sp³-hybridized carbons (Fsp3) is 0.238. The van der Waals surface area contributed by atoms with Crippen LogP contribution >= 0.6 is 0 Å². The van der Waals surface area contributed by atoms with Gasteiger partial charge in [0.2, 0.25) is 0 Å². The summed E-state index contributed by atoms with van der Waals surface area (Å²) in [6, 6.07) is 38.0. The van der Waals surface area contributed by atoms with Crippen LogP contribution in [0.25, 0.3) is 55.0 Å². The number of aromatic nitrogens is 2. The first kappa shape index (κ1) is 26.0. The predicted octanol–water partition coefficient (Wildman–Crippen LogP) is 9.45. The van der Waals surface area contributed by atoms with Gasteiger partial charge < -0.3 is 9.13 Å². The maximum absolute atomic E-state index is 14.7. The van der Waals surface area contributed by atoms with Gasteiger partial charge >= 0.3 is 0 Å². The zero-order chi connectivity index (χ0) is 31.0. The van der Waals surface area contributed by atoms with Crippen LogP contribution in [0.2, 0.25) is 0 Å². The van der Waals surface area contributed by atoms with Crippen molar-refractivity contribution in [1.29, 1.82) is 0 Å². The minimum Gasteiger partial charge on any atom is -0.307 e. The van der Waals surface area contributed by atoms with E-state index in [4.69, 9.17) is 0 Å². The Morgan fingerprint density at radius 1 is 0.468 bits per heavy atom. The summed E-state index contributed by atoms with van der Waals surface area (Å²) < 4.78 is 4.60. The first-order chi connectivity index (χ1) is 23.1. The van der Waals surface area contributed by atoms with Crippen LogP contribution < -0.4 is 0 Å². The molecular weight excluding hydrogens is 578 g/mol. The van der Waals surface area contributed by atoms with Crippen LogP contribution in [0.1, 0.15) is 59.2 Å². The lowest BCUT2D eigenvalue weighted by Crippen LogP contribution is -2.61. The molecule has 0 saturated heterocycles. The summed E-state index contributed by atoms with van der Waals surface area (Å²) in [5.74, 6) is 1.68. The summed E-state index contributed by atoms with van der Waals surface area (Å²) in [6.45, 7) is 0. The number of rotatable bonds is 3. The summed E-state index contributed by atoms with van der Waals surface area (Å²) in [5, 5.41) is 4.65. The van der Waals surface area contributed by atoms with Gasteiger partial charge in [0.05, 0.1) is 50.1 Å². The van der Waals surface area contributed by atoms with E-state index in [9.17, 15) is 9.59 Å². The molecule has 5 nitrogen and oxygen atoms in total. The lowest BCUT2D eigenvalue weighted by atomic mass is 9.52. The van der Waals surface area contributed by atoms with Gasteiger partial charge in [-0.05, 0) is 92.7 Å². The lowest BCUT2D eigenvalue weighted by molar-refractivity contribution is -0.0620. The van der Waals surface area contributed by atoms with Gasteiger partial charge in [-0.15, -0.1) is 0 Å². The second kappa shape index (κ2) is 9.01. The third kappa shape index (κ3) is 3.34. The molecule has 7 aromatic rings. The van der Waals surface area contributed by atoms with Crippen molar-refractivity contribution < 1.29 is 9.59 Å². The Hall–Kier alpha value is -5.16. The standard InChI is InChI=1S/C42H33N3O2/c46-40-32-20-38(43-34-13-5-1-9-28(34)29-10-2-6-14-35(29)43)39(44-36-15-7-3-11-30(36)31-12-4-8-16-37(31)44)21-33(32)41(47)45(40)42-22-25-17-26(23-42)19-27(18-25)24-42/h1-16,20-21,25-27H,17-19,22-24H2. The molecule has 3 heterocycles. The van der Waals surface area contributed by atoms with Gasteiger partial charge in [-0.25, -0.2) is 0 Å². The maximum Gasteiger partial charge on any atom is 0.262 e. The summed E-state index contributed by atoms with van der Waals surface area (Å²) in [7, 11) is 0. The molecule has 1 aliphatic heterocycles. The highest BCUT2D eigenvalue weighted by Gasteiger charge is 2.58. The number of hydrogen-bond donors (Lipinski definition) is 0. The average Bonchev–Trinajstić information content (AvgIpc) is 3.68. The van der Waals surface area contributed by atoms with E-state index in [-0.39, 0.29) is 17.4 Å². The minimum absolute atomic E-state index is 0.109. The van der Waals surface area contributed by atoms with E-state index < -0.39 is 0 Å². The van der Waals surface area contributed by atoms with E-state index in [2.05, 4.69) is 106 Å². The van der Waals surface area contributed by atoms with Crippen molar-refractivity contribution in [1.82, 2.24) is 14.0 Å². The van der Waals surface area contributed by atoms with Crippen molar-refractivity contribution in [2.75, 3.05) is 0 Å². The molecule has 4 bridgehead atoms. The highest BCUT2D eigenvalue weighted by Crippen LogP contribution is 2.59. The number of hydrogen-bond acceptors (Lipinski definition) is 2. The molecule has 0 radical (unpaired) electrons. The molecule has 5 aliphatic rings. The molecule has 5 heteroatoms. The molecule has 228 valence electrons. The summed E-state index contributed by atoms with van der Waals surface area (Å²) in [4.78, 5) is 31.1. The smallest absolute Gasteiger partial charge is 0.262 e. The van der Waals surface area contributed by atoms with Gasteiger partial charge in [-0.3, -0.25) is 14.5 Å². The molecule has 0 atom stereocenters. The zero-order valence-electron chi connectivity index (χ0n) is 26.0. The molecule has 47 heavy (non-hydrogen) atoms. The van der Waals surface area contributed by atoms with Crippen LogP contribution in [-0.2, 0) is 0 Å². The van der Waals surface area contributed by atoms with Crippen molar-refractivity contribution in [3.63, 3.8) is 0 Å². The fourth-order valence-corrected chi connectivity index (χ4v) is 10.8. The molecule has 2 aromatic heterocycles. The first-order valence-corrected chi connectivity index (χ1v) is 17.1. The Labute approximate surface area is 272 Å². The van der Waals surface area contributed by atoms with Crippen molar-refractivity contribution in [3.8, 4) is 11.4 Å². The second-order valence-corrected chi connectivity index (χ2v) is 14.7. The number of amides is 2. The Morgan fingerprint density at radius 3 is 1.13 bits per heavy atom. The lowest BCUT2D eigenvalue weighted by Gasteiger charge is -2.59. The maximum atomic E-state index is 14.7. The van der Waals surface area contributed by atoms with Crippen LogP contribution in [0.4, 0.5) is 0 Å². The molecular formula is C42H33N3O2. The van der Waals surface area contributed by atoms with E-state index >= 15 is 0 Å². The zero-order valence-corrected chi connectivity index (χ0v) is 26.0. The van der Waals surface area contributed by atoms with Crippen molar-refractivity contribution >= 4 is 55.4 Å². The van der Waals surface area contributed by atoms with Crippen LogP contribution in [0.15, 0.2) is 109 Å². The molecule has 4 aliphatic carbocycles. The van der Waals surface area contributed by atoms with Crippen LogP contribution in [0.3, 0.4) is 0 Å². The largest absolute Gasteiger partial charge is 0.307 e. The van der Waals surface area contributed by atoms with Crippen molar-refractivity contribution in [2.24, 2.45) is 17.8 Å². The monoisotopic (exact) mass is 611 g/mol. The van der Waals surface area contributed by atoms with E-state index in [0.29, 0.717) is 28.9 Å². The summed E-state index contributed by atoms with van der Waals surface area (Å²) in [6.07, 6.45) is 6.67. The second-order valence-electron chi connectivity index (χ2n) is 14.7. The predicted molar refractivity (Wildman–Crippen MR) is 187 cm³/mol. The number of carbonyl (C=O) groups is 2. The normalized spacial score (nSPS) is 24.9. The third-order valence-corrected chi connectivity index (χ3v) is 12.1. The molecule has 4 fully saturated rings. The summed E-state index contributed by atoms with van der Waals surface area (Å²) in [5.41, 5.74) is 6.83. The number of imide groups is 1. The Balaban J connectivity index is 1.23. The highest BCUT2D eigenvalue weighted by molar-refractivity contribution is 6.23. The van der Waals surface area contributed by atoms with Crippen LogP contribution in [0, 0.1) is 17.8 Å². The van der Waals surface area contributed by atoms with Gasteiger partial charge in [-0.1, -0.05) is 72.8 Å². The topological polar surface area (TPSA) is 47.2 Å². The molecule has 5 aromatic carbocycles. The Kier molecular flexibility index (Phi) is 4.98. The van der Waals surface area contributed by atoms with Gasteiger partial charge in [0.1, 0.15) is 0 Å². The fourth-order valence-electron chi connectivity index (χ4n) is 10.8. The third-order valence-electron chi connectivity index (χ3n) is 12.1. The van der Waals surface area contributed by atoms with Crippen molar-refractivity contribution in [2.45, 2.75) is 44.1 Å². The van der Waals surface area contributed by atoms with E-state index in [0.717, 1.165) is 74.2 Å². The first-order valence-electron chi connectivity index (χ1n) is 17.1. The Morgan fingerprint density at radius 2 is 0.787 bits per heavy atom. The van der Waals surface area contributed by atoms with Crippen LogP contribution in [0.5, 0.6) is 0 Å². The number of nitrogens with zero attached hydrogens (tertiary/aromatic N) is 3. The number of para-hydroxylation sites is 4. The molecule has 0 N–H and O–H groups in total. The summed E-state index contributed by atoms with van der Waals surface area (Å²) >= 11 is 0. The van der Waals surface area contributed by atoms with Gasteiger partial charge in [0, 0.05) is 21.5 Å². The molecule has 0 unspecified atom stereocenters. The quantitative estimate of drug-likeness (QED) is 0.187. The van der Waals surface area contributed by atoms with Gasteiger partial charge in [0.15, 0.2) is 0 Å². The number of benzene rings is 5. The highest BCUT2D eigenvalue weighted by atomic mass is 16.2. The van der Waals surface area contributed by atoms with Gasteiger partial charge in [-0.2, -0.15) is 0 Å². The Bertz CT molecular complexity index is 2220. The molecule has 2 amide bonds. The van der Waals surface area contributed by atoms with E-state index in [1.807, 2.05) is 12.1 Å². The number of fused-ring (bicyclic) bond motifs is 7. The number of carbonyl (C=O) groups excluding carboxylic acids is 2. The average molecular weight is 612 g/mol. The van der Waals surface area contributed by atoms with Crippen molar-refractivity contribution in [3.05, 3.63) is 120 Å². The van der Waals surface area contributed by atoms with Gasteiger partial charge in [0.25, 0.3) is 11.8 Å². The SMILES string of the molecule is O=C1c2cc(-n3c4ccccc4c4ccccc43)c(-n3c4ccccc4c4ccccc43)cc2C(=O)N1C12CC3CC(CC(C3)C1)C2. The molecule has 0 spiro atoms. The molecule has 4 saturated carbocycles. The van der Waals surface area contributed by atoms with Crippen LogP contribution in [-0.4, -0.2) is 31.4 Å². The minimum atomic E-state index is -0.345. The van der Waals surface area contributed by atoms with E-state index in [1.165, 1.54) is 19.3 Å².